The van der Waals surface area contributed by atoms with Crippen molar-refractivity contribution in [2.24, 2.45) is 0 Å². The van der Waals surface area contributed by atoms with Crippen LogP contribution in [0.5, 0.6) is 0 Å². The van der Waals surface area contributed by atoms with Crippen LogP contribution < -0.4 is 0 Å². The first kappa shape index (κ1) is 24.2. The molecule has 0 aliphatic carbocycles. The zero-order valence-electron chi connectivity index (χ0n) is 16.8. The summed E-state index contributed by atoms with van der Waals surface area (Å²) in [7, 11) is 0. The van der Waals surface area contributed by atoms with Gasteiger partial charge in [-0.05, 0) is 38.5 Å². The van der Waals surface area contributed by atoms with Crippen LogP contribution in [-0.4, -0.2) is 23.8 Å². The van der Waals surface area contributed by atoms with Crippen molar-refractivity contribution in [3.05, 3.63) is 12.2 Å². The van der Waals surface area contributed by atoms with Crippen LogP contribution in [0.15, 0.2) is 12.2 Å². The molecule has 0 fully saturated rings. The van der Waals surface area contributed by atoms with Crippen molar-refractivity contribution in [1.29, 1.82) is 0 Å². The topological polar surface area (TPSA) is 46.5 Å². The van der Waals surface area contributed by atoms with Crippen molar-refractivity contribution in [2.75, 3.05) is 6.61 Å². The van der Waals surface area contributed by atoms with E-state index in [0.29, 0.717) is 12.8 Å². The molecule has 0 aliphatic rings. The number of esters is 1. The molecular weight excluding hydrogens is 312 g/mol. The molecule has 25 heavy (non-hydrogen) atoms. The summed E-state index contributed by atoms with van der Waals surface area (Å²) in [5.41, 5.74) is 0. The van der Waals surface area contributed by atoms with Crippen LogP contribution in [0.1, 0.15) is 110 Å². The van der Waals surface area contributed by atoms with Gasteiger partial charge in [-0.1, -0.05) is 77.4 Å². The van der Waals surface area contributed by atoms with Crippen molar-refractivity contribution in [2.45, 2.75) is 116 Å². The van der Waals surface area contributed by atoms with E-state index in [4.69, 9.17) is 9.84 Å². The molecule has 1 N–H and O–H groups in total. The van der Waals surface area contributed by atoms with Gasteiger partial charge in [0.25, 0.3) is 0 Å². The fourth-order valence-electron chi connectivity index (χ4n) is 2.83. The van der Waals surface area contributed by atoms with Crippen LogP contribution in [0.4, 0.5) is 0 Å². The number of carbonyl (C=O) groups excluding carboxylic acids is 1. The van der Waals surface area contributed by atoms with E-state index < -0.39 is 0 Å². The highest BCUT2D eigenvalue weighted by molar-refractivity contribution is 5.69. The second-order valence-corrected chi connectivity index (χ2v) is 7.04. The van der Waals surface area contributed by atoms with E-state index in [2.05, 4.69) is 19.1 Å². The minimum Gasteiger partial charge on any atom is -0.460 e. The molecule has 0 heterocycles. The Balaban J connectivity index is 3.29. The number of hydrogen-bond acceptors (Lipinski definition) is 3. The first-order valence-electron chi connectivity index (χ1n) is 10.7. The molecule has 0 bridgehead atoms. The summed E-state index contributed by atoms with van der Waals surface area (Å²) < 4.78 is 5.16. The molecule has 3 heteroatoms. The molecule has 0 saturated heterocycles. The summed E-state index contributed by atoms with van der Waals surface area (Å²) in [5.74, 6) is -0.181. The van der Waals surface area contributed by atoms with Crippen LogP contribution in [0.25, 0.3) is 0 Å². The maximum absolute atomic E-state index is 11.6. The van der Waals surface area contributed by atoms with Gasteiger partial charge < -0.3 is 9.84 Å². The van der Waals surface area contributed by atoms with E-state index in [1.807, 2.05) is 6.92 Å². The summed E-state index contributed by atoms with van der Waals surface area (Å²) in [6, 6.07) is 0. The Morgan fingerprint density at radius 3 is 1.88 bits per heavy atom. The number of aliphatic hydroxyl groups excluding tert-OH is 1. The Bertz CT molecular complexity index is 308. The summed E-state index contributed by atoms with van der Waals surface area (Å²) in [4.78, 5) is 11.6. The monoisotopic (exact) mass is 354 g/mol. The number of aliphatic hydroxyl groups is 1. The Labute approximate surface area is 156 Å². The third kappa shape index (κ3) is 17.8. The molecule has 148 valence electrons. The molecule has 0 radical (unpaired) electrons. The highest BCUT2D eigenvalue weighted by atomic mass is 16.5. The summed E-state index contributed by atoms with van der Waals surface area (Å²) in [6.07, 6.45) is 21.9. The van der Waals surface area contributed by atoms with Gasteiger partial charge in [-0.3, -0.25) is 4.79 Å². The minimum atomic E-state index is -0.330. The van der Waals surface area contributed by atoms with Crippen LogP contribution in [0.2, 0.25) is 0 Å². The van der Waals surface area contributed by atoms with Gasteiger partial charge in [0.1, 0.15) is 6.10 Å². The number of unbranched alkanes of at least 4 members (excludes halogenated alkanes) is 11. The second-order valence-electron chi connectivity index (χ2n) is 7.04. The summed E-state index contributed by atoms with van der Waals surface area (Å²) in [5, 5.41) is 8.99. The number of ether oxygens (including phenoxy) is 1. The molecule has 0 aromatic heterocycles. The number of allylic oxidation sites excluding steroid dienone is 2. The lowest BCUT2D eigenvalue weighted by atomic mass is 10.1. The third-order valence-electron chi connectivity index (χ3n) is 4.60. The molecule has 0 saturated carbocycles. The van der Waals surface area contributed by atoms with Gasteiger partial charge in [0.2, 0.25) is 0 Å². The maximum atomic E-state index is 11.6. The van der Waals surface area contributed by atoms with Gasteiger partial charge in [-0.15, -0.1) is 0 Å². The predicted octanol–water partition coefficient (Wildman–Crippen LogP) is 6.34. The summed E-state index contributed by atoms with van der Waals surface area (Å²) >= 11 is 0. The highest BCUT2D eigenvalue weighted by Crippen LogP contribution is 2.11. The summed E-state index contributed by atoms with van der Waals surface area (Å²) in [6.45, 7) is 4.10. The van der Waals surface area contributed by atoms with Gasteiger partial charge in [-0.25, -0.2) is 0 Å². The number of rotatable bonds is 18. The van der Waals surface area contributed by atoms with Gasteiger partial charge in [0.05, 0.1) is 6.61 Å². The zero-order valence-corrected chi connectivity index (χ0v) is 16.8. The molecule has 3 nitrogen and oxygen atoms in total. The van der Waals surface area contributed by atoms with Crippen LogP contribution in [0, 0.1) is 0 Å². The first-order valence-corrected chi connectivity index (χ1v) is 10.7. The van der Waals surface area contributed by atoms with Gasteiger partial charge >= 0.3 is 5.97 Å². The van der Waals surface area contributed by atoms with Crippen molar-refractivity contribution >= 4 is 5.97 Å². The van der Waals surface area contributed by atoms with Crippen LogP contribution >= 0.6 is 0 Å². The van der Waals surface area contributed by atoms with Crippen molar-refractivity contribution in [1.82, 2.24) is 0 Å². The fraction of sp³-hybridized carbons (Fsp3) is 0.864. The fourth-order valence-corrected chi connectivity index (χ4v) is 2.83. The lowest BCUT2D eigenvalue weighted by Crippen LogP contribution is -2.20. The van der Waals surface area contributed by atoms with E-state index in [9.17, 15) is 4.79 Å². The molecule has 0 aliphatic heterocycles. The number of carbonyl (C=O) groups is 1. The first-order chi connectivity index (χ1) is 12.2. The SMILES string of the molecule is CCCCCCCCCCC/C=C\CCCCC(=O)OC(CC)CO. The molecule has 0 rings (SSSR count). The van der Waals surface area contributed by atoms with Crippen molar-refractivity contribution in [3.8, 4) is 0 Å². The van der Waals surface area contributed by atoms with Crippen molar-refractivity contribution < 1.29 is 14.6 Å². The van der Waals surface area contributed by atoms with Crippen LogP contribution in [-0.2, 0) is 9.53 Å². The average molecular weight is 355 g/mol. The van der Waals surface area contributed by atoms with Gasteiger partial charge in [0.15, 0.2) is 0 Å². The Morgan fingerprint density at radius 2 is 1.36 bits per heavy atom. The Kier molecular flexibility index (Phi) is 18.8. The standard InChI is InChI=1S/C22H42O3/c1-3-5-6-7-8-9-10-11-12-13-14-15-16-17-18-19-22(24)25-21(4-2)20-23/h14-15,21,23H,3-13,16-20H2,1-2H3/b15-14-. The van der Waals surface area contributed by atoms with E-state index in [-0.39, 0.29) is 18.7 Å². The largest absolute Gasteiger partial charge is 0.460 e. The van der Waals surface area contributed by atoms with E-state index in [0.717, 1.165) is 19.3 Å². The quantitative estimate of drug-likeness (QED) is 0.177. The van der Waals surface area contributed by atoms with Crippen LogP contribution in [0.3, 0.4) is 0 Å². The maximum Gasteiger partial charge on any atom is 0.306 e. The third-order valence-corrected chi connectivity index (χ3v) is 4.60. The zero-order chi connectivity index (χ0) is 18.6. The molecule has 1 atom stereocenters. The highest BCUT2D eigenvalue weighted by Gasteiger charge is 2.10. The normalized spacial score (nSPS) is 12.6. The second kappa shape index (κ2) is 19.5. The Hall–Kier alpha value is -0.830. The molecule has 0 spiro atoms. The van der Waals surface area contributed by atoms with E-state index in [1.54, 1.807) is 0 Å². The predicted molar refractivity (Wildman–Crippen MR) is 107 cm³/mol. The van der Waals surface area contributed by atoms with E-state index >= 15 is 0 Å². The smallest absolute Gasteiger partial charge is 0.306 e. The molecule has 0 aromatic rings. The molecule has 1 unspecified atom stereocenters. The molecule has 0 amide bonds. The van der Waals surface area contributed by atoms with E-state index in [1.165, 1.54) is 64.2 Å². The molecule has 0 aromatic carbocycles. The average Bonchev–Trinajstić information content (AvgIpc) is 2.62. The lowest BCUT2D eigenvalue weighted by Gasteiger charge is -2.12. The van der Waals surface area contributed by atoms with Gasteiger partial charge in [0, 0.05) is 6.42 Å². The van der Waals surface area contributed by atoms with Crippen molar-refractivity contribution in [3.63, 3.8) is 0 Å². The molecular formula is C22H42O3. The van der Waals surface area contributed by atoms with Gasteiger partial charge in [-0.2, -0.15) is 0 Å². The Morgan fingerprint density at radius 1 is 0.840 bits per heavy atom. The number of hydrogen-bond donors (Lipinski definition) is 1. The minimum absolute atomic E-state index is 0.0795. The lowest BCUT2D eigenvalue weighted by molar-refractivity contribution is -0.151.